The van der Waals surface area contributed by atoms with E-state index in [2.05, 4.69) is 29.5 Å². The Bertz CT molecular complexity index is 446. The zero-order valence-electron chi connectivity index (χ0n) is 7.37. The van der Waals surface area contributed by atoms with Gasteiger partial charge >= 0.3 is 0 Å². The minimum absolute atomic E-state index is 0.954. The number of hydrogen-bond donors (Lipinski definition) is 0. The molecule has 0 saturated heterocycles. The van der Waals surface area contributed by atoms with Crippen LogP contribution in [0.4, 0.5) is 0 Å². The van der Waals surface area contributed by atoms with Crippen molar-refractivity contribution >= 4 is 67.8 Å². The number of halogens is 3. The summed E-state index contributed by atoms with van der Waals surface area (Å²) in [4.78, 5) is 0. The summed E-state index contributed by atoms with van der Waals surface area (Å²) in [6.45, 7) is 0. The van der Waals surface area contributed by atoms with Crippen LogP contribution in [0.3, 0.4) is 0 Å². The molecular formula is C12H3I3. The van der Waals surface area contributed by atoms with Gasteiger partial charge in [-0.3, -0.25) is 0 Å². The maximum Gasteiger partial charge on any atom is 0.0278 e. The van der Waals surface area contributed by atoms with Gasteiger partial charge in [-0.1, -0.05) is 17.8 Å². The van der Waals surface area contributed by atoms with Crippen LogP contribution in [-0.2, 0) is 0 Å². The lowest BCUT2D eigenvalue weighted by atomic mass is 10.1. The van der Waals surface area contributed by atoms with Crippen molar-refractivity contribution in [2.75, 3.05) is 0 Å². The lowest BCUT2D eigenvalue weighted by Crippen LogP contribution is -1.83. The van der Waals surface area contributed by atoms with E-state index in [1.807, 2.05) is 86.0 Å². The summed E-state index contributed by atoms with van der Waals surface area (Å²) in [5, 5.41) is 0. The van der Waals surface area contributed by atoms with Gasteiger partial charge in [0.1, 0.15) is 0 Å². The maximum atomic E-state index is 3.00. The van der Waals surface area contributed by atoms with Crippen LogP contribution in [0, 0.1) is 29.5 Å². The van der Waals surface area contributed by atoms with Crippen molar-refractivity contribution in [1.29, 1.82) is 0 Å². The first-order chi connectivity index (χ1) is 7.30. The highest BCUT2D eigenvalue weighted by molar-refractivity contribution is 14.1. The van der Waals surface area contributed by atoms with Gasteiger partial charge in [-0.15, -0.1) is 0 Å². The molecule has 0 heterocycles. The van der Waals surface area contributed by atoms with Crippen LogP contribution in [0.25, 0.3) is 0 Å². The van der Waals surface area contributed by atoms with Crippen LogP contribution in [0.15, 0.2) is 18.2 Å². The van der Waals surface area contributed by atoms with Gasteiger partial charge in [0.05, 0.1) is 0 Å². The van der Waals surface area contributed by atoms with E-state index in [-0.39, 0.29) is 0 Å². The Hall–Kier alpha value is 0.0900. The van der Waals surface area contributed by atoms with E-state index in [9.17, 15) is 0 Å². The van der Waals surface area contributed by atoms with E-state index in [0.29, 0.717) is 0 Å². The molecule has 0 bridgehead atoms. The Labute approximate surface area is 130 Å². The van der Waals surface area contributed by atoms with Crippen molar-refractivity contribution in [3.05, 3.63) is 34.9 Å². The summed E-state index contributed by atoms with van der Waals surface area (Å²) < 4.78 is 8.53. The Kier molecular flexibility index (Phi) is 6.47. The molecule has 3 heteroatoms. The van der Waals surface area contributed by atoms with E-state index >= 15 is 0 Å². The van der Waals surface area contributed by atoms with Crippen LogP contribution < -0.4 is 0 Å². The van der Waals surface area contributed by atoms with Crippen molar-refractivity contribution < 1.29 is 0 Å². The summed E-state index contributed by atoms with van der Waals surface area (Å²) in [6, 6.07) is 5.90. The topological polar surface area (TPSA) is 0 Å². The molecule has 1 aromatic carbocycles. The molecule has 0 aliphatic heterocycles. The van der Waals surface area contributed by atoms with Gasteiger partial charge in [-0.05, 0) is 30.0 Å². The molecule has 0 fully saturated rings. The molecular weight excluding hydrogens is 525 g/mol. The van der Waals surface area contributed by atoms with Crippen LogP contribution in [0.5, 0.6) is 0 Å². The molecule has 0 unspecified atom stereocenters. The highest BCUT2D eigenvalue weighted by atomic mass is 127. The summed E-state index contributed by atoms with van der Waals surface area (Å²) >= 11 is 6.06. The van der Waals surface area contributed by atoms with E-state index in [1.165, 1.54) is 0 Å². The summed E-state index contributed by atoms with van der Waals surface area (Å²) in [7, 11) is 0. The molecule has 0 nitrogen and oxygen atoms in total. The second-order valence-corrected chi connectivity index (χ2v) is 4.08. The van der Waals surface area contributed by atoms with Gasteiger partial charge in [0, 0.05) is 84.5 Å². The molecule has 0 aromatic heterocycles. The summed E-state index contributed by atoms with van der Waals surface area (Å²) in [5.74, 6) is 9.00. The number of benzene rings is 1. The minimum atomic E-state index is 0.954. The largest absolute Gasteiger partial charge is 0.0555 e. The normalized spacial score (nSPS) is 7.40. The second kappa shape index (κ2) is 7.38. The zero-order valence-corrected chi connectivity index (χ0v) is 13.8. The summed E-state index contributed by atoms with van der Waals surface area (Å²) in [6.07, 6.45) is 0. The predicted octanol–water partition coefficient (Wildman–Crippen LogP) is 3.92. The second-order valence-electron chi connectivity index (χ2n) is 2.46. The molecule has 0 spiro atoms. The quantitative estimate of drug-likeness (QED) is 0.354. The Morgan fingerprint density at radius 1 is 0.600 bits per heavy atom. The fourth-order valence-electron chi connectivity index (χ4n) is 1.01. The summed E-state index contributed by atoms with van der Waals surface area (Å²) in [5.41, 5.74) is 2.86. The Morgan fingerprint density at radius 2 is 0.867 bits per heavy atom. The molecule has 0 atom stereocenters. The molecule has 1 aromatic rings. The third-order valence-electron chi connectivity index (χ3n) is 1.51. The lowest BCUT2D eigenvalue weighted by molar-refractivity contribution is 1.56. The van der Waals surface area contributed by atoms with Crippen LogP contribution in [0.1, 0.15) is 16.7 Å². The minimum Gasteiger partial charge on any atom is -0.0555 e. The average Bonchev–Trinajstić information content (AvgIpc) is 2.19. The van der Waals surface area contributed by atoms with Gasteiger partial charge in [0.25, 0.3) is 0 Å². The number of rotatable bonds is 0. The number of hydrogen-bond acceptors (Lipinski definition) is 0. The molecule has 15 heavy (non-hydrogen) atoms. The molecule has 1 rings (SSSR count). The molecule has 0 aliphatic carbocycles. The first kappa shape index (κ1) is 13.2. The Balaban J connectivity index is 3.31. The molecule has 0 radical (unpaired) electrons. The smallest absolute Gasteiger partial charge is 0.0278 e. The van der Waals surface area contributed by atoms with Gasteiger partial charge < -0.3 is 0 Å². The van der Waals surface area contributed by atoms with Gasteiger partial charge in [-0.2, -0.15) is 0 Å². The predicted molar refractivity (Wildman–Crippen MR) is 89.1 cm³/mol. The van der Waals surface area contributed by atoms with Crippen LogP contribution >= 0.6 is 67.8 Å². The van der Waals surface area contributed by atoms with Crippen molar-refractivity contribution in [2.24, 2.45) is 0 Å². The highest BCUT2D eigenvalue weighted by Gasteiger charge is 1.95. The third-order valence-corrected chi connectivity index (χ3v) is 2.32. The SMILES string of the molecule is IC#Cc1cc(C#CI)cc(C#CI)c1. The van der Waals surface area contributed by atoms with Crippen molar-refractivity contribution in [3.63, 3.8) is 0 Å². The first-order valence-corrected chi connectivity index (χ1v) is 7.04. The van der Waals surface area contributed by atoms with Gasteiger partial charge in [-0.25, -0.2) is 0 Å². The fraction of sp³-hybridized carbons (Fsp3) is 0. The maximum absolute atomic E-state index is 3.00. The highest BCUT2D eigenvalue weighted by Crippen LogP contribution is 2.09. The van der Waals surface area contributed by atoms with E-state index in [4.69, 9.17) is 0 Å². The monoisotopic (exact) mass is 528 g/mol. The fourth-order valence-corrected chi connectivity index (χ4v) is 1.94. The zero-order chi connectivity index (χ0) is 11.1. The third kappa shape index (κ3) is 4.63. The first-order valence-electron chi connectivity index (χ1n) is 3.80. The molecule has 0 amide bonds. The van der Waals surface area contributed by atoms with Gasteiger partial charge in [0.15, 0.2) is 0 Å². The van der Waals surface area contributed by atoms with Crippen LogP contribution in [0.2, 0.25) is 0 Å². The van der Waals surface area contributed by atoms with Crippen molar-refractivity contribution in [1.82, 2.24) is 0 Å². The van der Waals surface area contributed by atoms with Gasteiger partial charge in [0.2, 0.25) is 0 Å². The molecule has 0 aliphatic rings. The van der Waals surface area contributed by atoms with Crippen molar-refractivity contribution in [2.45, 2.75) is 0 Å². The molecule has 0 saturated carbocycles. The van der Waals surface area contributed by atoms with E-state index in [1.54, 1.807) is 0 Å². The van der Waals surface area contributed by atoms with E-state index < -0.39 is 0 Å². The average molecular weight is 528 g/mol. The van der Waals surface area contributed by atoms with Crippen molar-refractivity contribution in [3.8, 4) is 29.5 Å². The molecule has 72 valence electrons. The lowest BCUT2D eigenvalue weighted by Gasteiger charge is -1.96. The molecule has 0 N–H and O–H groups in total. The van der Waals surface area contributed by atoms with E-state index in [0.717, 1.165) is 16.7 Å². The standard InChI is InChI=1S/C12H3I3/c13-4-1-10-7-11(2-5-14)9-12(8-10)3-6-15/h7-9H. The Morgan fingerprint density at radius 3 is 1.07 bits per heavy atom. The van der Waals surface area contributed by atoms with Crippen LogP contribution in [-0.4, -0.2) is 0 Å².